The van der Waals surface area contributed by atoms with Crippen LogP contribution in [-0.2, 0) is 0 Å². The van der Waals surface area contributed by atoms with Crippen LogP contribution < -0.4 is 0 Å². The van der Waals surface area contributed by atoms with E-state index < -0.39 is 0 Å². The Bertz CT molecular complexity index is 2800. The molecule has 0 fully saturated rings. The number of hydrogen-bond donors (Lipinski definition) is 0. The molecule has 0 radical (unpaired) electrons. The molecule has 0 unspecified atom stereocenters. The second-order valence-electron chi connectivity index (χ2n) is 15.4. The summed E-state index contributed by atoms with van der Waals surface area (Å²) in [6.45, 7) is 0. The molecule has 0 aliphatic heterocycles. The maximum Gasteiger partial charge on any atom is -0.0178 e. The van der Waals surface area contributed by atoms with Crippen molar-refractivity contribution in [1.82, 2.24) is 0 Å². The minimum absolute atomic E-state index is 1.20. The topological polar surface area (TPSA) is 0 Å². The third-order valence-electron chi connectivity index (χ3n) is 11.5. The van der Waals surface area contributed by atoms with Crippen LogP contribution in [0.25, 0.3) is 100 Å². The van der Waals surface area contributed by atoms with Gasteiger partial charge in [0.05, 0.1) is 0 Å². The summed E-state index contributed by atoms with van der Waals surface area (Å²) in [5.74, 6) is 0. The summed E-state index contributed by atoms with van der Waals surface area (Å²) in [5, 5.41) is 0. The summed E-state index contributed by atoms with van der Waals surface area (Å²) in [5.41, 5.74) is 21.9. The van der Waals surface area contributed by atoms with Gasteiger partial charge in [-0.15, -0.1) is 0 Å². The highest BCUT2D eigenvalue weighted by Crippen LogP contribution is 2.34. The van der Waals surface area contributed by atoms with Gasteiger partial charge in [-0.1, -0.05) is 231 Å². The average Bonchev–Trinajstić information content (AvgIpc) is 3.35. The van der Waals surface area contributed by atoms with Crippen LogP contribution in [0.2, 0.25) is 0 Å². The van der Waals surface area contributed by atoms with E-state index in [4.69, 9.17) is 0 Å². The minimum atomic E-state index is 1.20. The molecule has 0 heterocycles. The Balaban J connectivity index is 0.829. The van der Waals surface area contributed by atoms with E-state index in [1.165, 1.54) is 100 Å². The standard InChI is InChI=1S/C60H42/c1-3-11-43(12-4-1)45-23-31-49(32-24-45)53-15-7-19-57(39-53)59-21-9-17-55(41-59)51-35-27-47(28-36-51)48-29-37-52(38-30-48)56-18-10-22-60(42-56)58-20-8-16-54(40-58)50-33-25-46(26-34-50)44-13-5-2-6-14-44/h1-42H. The normalized spacial score (nSPS) is 11.0. The molecule has 10 aromatic carbocycles. The second kappa shape index (κ2) is 16.6. The highest BCUT2D eigenvalue weighted by Gasteiger charge is 2.09. The molecule has 0 N–H and O–H groups in total. The molecular weight excluding hydrogens is 721 g/mol. The first-order valence-electron chi connectivity index (χ1n) is 20.6. The molecule has 0 aliphatic carbocycles. The quantitative estimate of drug-likeness (QED) is 0.137. The lowest BCUT2D eigenvalue weighted by Crippen LogP contribution is -1.85. The van der Waals surface area contributed by atoms with Crippen molar-refractivity contribution >= 4 is 0 Å². The Hall–Kier alpha value is -7.80. The maximum atomic E-state index is 2.30. The zero-order valence-corrected chi connectivity index (χ0v) is 33.2. The third kappa shape index (κ3) is 7.88. The zero-order chi connectivity index (χ0) is 40.1. The second-order valence-corrected chi connectivity index (χ2v) is 15.4. The Kier molecular flexibility index (Phi) is 10.1. The average molecular weight is 763 g/mol. The lowest BCUT2D eigenvalue weighted by molar-refractivity contribution is 1.55. The van der Waals surface area contributed by atoms with E-state index in [1.807, 2.05) is 0 Å². The Morgan fingerprint density at radius 1 is 0.100 bits per heavy atom. The molecule has 0 aliphatic rings. The molecule has 0 bridgehead atoms. The van der Waals surface area contributed by atoms with E-state index in [0.717, 1.165) is 0 Å². The largest absolute Gasteiger partial charge is 0.0622 e. The van der Waals surface area contributed by atoms with Gasteiger partial charge in [0, 0.05) is 0 Å². The van der Waals surface area contributed by atoms with Crippen molar-refractivity contribution in [2.45, 2.75) is 0 Å². The minimum Gasteiger partial charge on any atom is -0.0622 e. The van der Waals surface area contributed by atoms with E-state index in [-0.39, 0.29) is 0 Å². The summed E-state index contributed by atoms with van der Waals surface area (Å²) in [6, 6.07) is 92.1. The van der Waals surface area contributed by atoms with Gasteiger partial charge in [-0.3, -0.25) is 0 Å². The lowest BCUT2D eigenvalue weighted by atomic mass is 9.94. The zero-order valence-electron chi connectivity index (χ0n) is 33.2. The molecule has 10 rings (SSSR count). The summed E-state index contributed by atoms with van der Waals surface area (Å²) in [7, 11) is 0. The molecule has 0 spiro atoms. The van der Waals surface area contributed by atoms with E-state index in [0.29, 0.717) is 0 Å². The van der Waals surface area contributed by atoms with Crippen LogP contribution in [-0.4, -0.2) is 0 Å². The molecule has 282 valence electrons. The van der Waals surface area contributed by atoms with Crippen LogP contribution in [0.15, 0.2) is 255 Å². The number of rotatable bonds is 9. The monoisotopic (exact) mass is 762 g/mol. The molecule has 0 saturated carbocycles. The maximum absolute atomic E-state index is 2.30. The van der Waals surface area contributed by atoms with Gasteiger partial charge < -0.3 is 0 Å². The summed E-state index contributed by atoms with van der Waals surface area (Å²) in [4.78, 5) is 0. The van der Waals surface area contributed by atoms with Crippen LogP contribution >= 0.6 is 0 Å². The van der Waals surface area contributed by atoms with Gasteiger partial charge in [-0.2, -0.15) is 0 Å². The highest BCUT2D eigenvalue weighted by molar-refractivity contribution is 5.81. The summed E-state index contributed by atoms with van der Waals surface area (Å²) < 4.78 is 0. The van der Waals surface area contributed by atoms with E-state index in [2.05, 4.69) is 255 Å². The van der Waals surface area contributed by atoms with Crippen molar-refractivity contribution in [3.63, 3.8) is 0 Å². The van der Waals surface area contributed by atoms with Gasteiger partial charge in [0.2, 0.25) is 0 Å². The number of hydrogen-bond acceptors (Lipinski definition) is 0. The van der Waals surface area contributed by atoms with Crippen molar-refractivity contribution in [1.29, 1.82) is 0 Å². The van der Waals surface area contributed by atoms with Crippen molar-refractivity contribution in [3.05, 3.63) is 255 Å². The molecule has 60 heavy (non-hydrogen) atoms. The predicted octanol–water partition coefficient (Wildman–Crippen LogP) is 16.7. The Morgan fingerprint density at radius 3 is 0.433 bits per heavy atom. The van der Waals surface area contributed by atoms with E-state index >= 15 is 0 Å². The van der Waals surface area contributed by atoms with Gasteiger partial charge in [-0.05, 0) is 124 Å². The molecular formula is C60H42. The van der Waals surface area contributed by atoms with Gasteiger partial charge in [0.25, 0.3) is 0 Å². The van der Waals surface area contributed by atoms with Crippen LogP contribution in [0.3, 0.4) is 0 Å². The predicted molar refractivity (Wildman–Crippen MR) is 255 cm³/mol. The highest BCUT2D eigenvalue weighted by atomic mass is 14.1. The van der Waals surface area contributed by atoms with E-state index in [9.17, 15) is 0 Å². The van der Waals surface area contributed by atoms with Crippen LogP contribution in [0.5, 0.6) is 0 Å². The van der Waals surface area contributed by atoms with Crippen molar-refractivity contribution in [3.8, 4) is 100 Å². The first kappa shape index (κ1) is 36.5. The molecule has 0 saturated heterocycles. The SMILES string of the molecule is c1ccc(-c2ccc(-c3cccc(-c4cccc(-c5ccc(-c6ccc(-c7cccc(-c8cccc(-c9ccc(-c%10ccccc%10)cc9)c8)c7)cc6)cc5)c4)c3)cc2)cc1. The van der Waals surface area contributed by atoms with Gasteiger partial charge in [0.15, 0.2) is 0 Å². The van der Waals surface area contributed by atoms with Crippen LogP contribution in [0.1, 0.15) is 0 Å². The Morgan fingerprint density at radius 2 is 0.233 bits per heavy atom. The molecule has 0 atom stereocenters. The third-order valence-corrected chi connectivity index (χ3v) is 11.5. The Labute approximate surface area is 353 Å². The van der Waals surface area contributed by atoms with Crippen molar-refractivity contribution < 1.29 is 0 Å². The summed E-state index contributed by atoms with van der Waals surface area (Å²) in [6.07, 6.45) is 0. The first-order chi connectivity index (χ1) is 29.7. The fraction of sp³-hybridized carbons (Fsp3) is 0. The molecule has 0 nitrogen and oxygen atoms in total. The van der Waals surface area contributed by atoms with Gasteiger partial charge in [-0.25, -0.2) is 0 Å². The number of benzene rings is 10. The molecule has 0 aromatic heterocycles. The van der Waals surface area contributed by atoms with Crippen LogP contribution in [0, 0.1) is 0 Å². The first-order valence-corrected chi connectivity index (χ1v) is 20.6. The smallest absolute Gasteiger partial charge is 0.0178 e. The van der Waals surface area contributed by atoms with Crippen LogP contribution in [0.4, 0.5) is 0 Å². The summed E-state index contributed by atoms with van der Waals surface area (Å²) >= 11 is 0. The fourth-order valence-corrected chi connectivity index (χ4v) is 8.20. The molecule has 0 amide bonds. The van der Waals surface area contributed by atoms with Gasteiger partial charge >= 0.3 is 0 Å². The van der Waals surface area contributed by atoms with Gasteiger partial charge in [0.1, 0.15) is 0 Å². The van der Waals surface area contributed by atoms with E-state index in [1.54, 1.807) is 0 Å². The van der Waals surface area contributed by atoms with Crippen molar-refractivity contribution in [2.24, 2.45) is 0 Å². The fourth-order valence-electron chi connectivity index (χ4n) is 8.20. The molecule has 10 aromatic rings. The van der Waals surface area contributed by atoms with Crippen molar-refractivity contribution in [2.75, 3.05) is 0 Å². The molecule has 0 heteroatoms. The lowest BCUT2D eigenvalue weighted by Gasteiger charge is -2.11.